The molecule has 0 radical (unpaired) electrons. The van der Waals surface area contributed by atoms with Gasteiger partial charge in [0.25, 0.3) is 0 Å². The van der Waals surface area contributed by atoms with Crippen molar-refractivity contribution in [1.82, 2.24) is 20.2 Å². The van der Waals surface area contributed by atoms with Gasteiger partial charge in [-0.2, -0.15) is 4.68 Å². The van der Waals surface area contributed by atoms with E-state index >= 15 is 0 Å². The van der Waals surface area contributed by atoms with Crippen LogP contribution in [0.25, 0.3) is 5.69 Å². The quantitative estimate of drug-likeness (QED) is 0.901. The van der Waals surface area contributed by atoms with Crippen LogP contribution in [-0.4, -0.2) is 20.2 Å². The molecule has 84 valence electrons. The van der Waals surface area contributed by atoms with E-state index in [2.05, 4.69) is 31.5 Å². The lowest BCUT2D eigenvalue weighted by Gasteiger charge is -2.06. The fraction of sp³-hybridized carbons (Fsp3) is 0.125. The highest BCUT2D eigenvalue weighted by atomic mass is 79.9. The van der Waals surface area contributed by atoms with Crippen molar-refractivity contribution in [2.75, 3.05) is 0 Å². The summed E-state index contributed by atoms with van der Waals surface area (Å²) in [5.74, 6) is -1.17. The summed E-state index contributed by atoms with van der Waals surface area (Å²) in [5.41, 5.74) is 5.42. The molecule has 0 aliphatic heterocycles. The third-order valence-corrected chi connectivity index (χ3v) is 2.51. The molecule has 16 heavy (non-hydrogen) atoms. The molecule has 0 aliphatic rings. The Hall–Kier alpha value is -1.41. The summed E-state index contributed by atoms with van der Waals surface area (Å²) in [6.07, 6.45) is 0. The summed E-state index contributed by atoms with van der Waals surface area (Å²) in [6, 6.07) is 1.88. The number of nitrogens with zero attached hydrogens (tertiary/aromatic N) is 4. The van der Waals surface area contributed by atoms with Crippen LogP contribution in [0, 0.1) is 11.6 Å². The molecule has 0 spiro atoms. The second-order valence-electron chi connectivity index (χ2n) is 2.93. The van der Waals surface area contributed by atoms with E-state index in [0.29, 0.717) is 0 Å². The van der Waals surface area contributed by atoms with Gasteiger partial charge in [0.15, 0.2) is 11.6 Å². The first-order chi connectivity index (χ1) is 7.63. The summed E-state index contributed by atoms with van der Waals surface area (Å²) in [4.78, 5) is 0. The van der Waals surface area contributed by atoms with Crippen LogP contribution in [0.3, 0.4) is 0 Å². The van der Waals surface area contributed by atoms with E-state index in [1.54, 1.807) is 0 Å². The third-order valence-electron chi connectivity index (χ3n) is 1.91. The molecule has 2 rings (SSSR count). The van der Waals surface area contributed by atoms with E-state index in [4.69, 9.17) is 5.73 Å². The number of tetrazole rings is 1. The first kappa shape index (κ1) is 11.1. The Bertz CT molecular complexity index is 504. The Morgan fingerprint density at radius 3 is 2.75 bits per heavy atom. The van der Waals surface area contributed by atoms with E-state index in [9.17, 15) is 8.78 Å². The maximum absolute atomic E-state index is 13.6. The zero-order valence-electron chi connectivity index (χ0n) is 7.86. The molecule has 2 N–H and O–H groups in total. The van der Waals surface area contributed by atoms with Crippen LogP contribution in [0.2, 0.25) is 0 Å². The number of aromatic nitrogens is 4. The van der Waals surface area contributed by atoms with E-state index in [1.165, 1.54) is 0 Å². The van der Waals surface area contributed by atoms with Crippen molar-refractivity contribution in [3.8, 4) is 5.69 Å². The lowest BCUT2D eigenvalue weighted by atomic mass is 10.3. The second kappa shape index (κ2) is 4.22. The highest BCUT2D eigenvalue weighted by Gasteiger charge is 2.16. The van der Waals surface area contributed by atoms with Gasteiger partial charge in [0.2, 0.25) is 0 Å². The van der Waals surface area contributed by atoms with Crippen LogP contribution in [0.1, 0.15) is 5.82 Å². The van der Waals surface area contributed by atoms with Crippen molar-refractivity contribution < 1.29 is 8.78 Å². The summed E-state index contributed by atoms with van der Waals surface area (Å²) in [5, 5.41) is 10.6. The average molecular weight is 290 g/mol. The molecule has 0 amide bonds. The van der Waals surface area contributed by atoms with Crippen molar-refractivity contribution in [1.29, 1.82) is 0 Å². The summed E-state index contributed by atoms with van der Waals surface area (Å²) < 4.78 is 27.8. The van der Waals surface area contributed by atoms with Crippen molar-refractivity contribution in [2.24, 2.45) is 5.73 Å². The molecule has 1 aromatic carbocycles. The van der Waals surface area contributed by atoms with Gasteiger partial charge in [0.05, 0.1) is 6.54 Å². The lowest BCUT2D eigenvalue weighted by Crippen LogP contribution is -2.10. The fourth-order valence-corrected chi connectivity index (χ4v) is 1.82. The molecule has 1 aromatic heterocycles. The topological polar surface area (TPSA) is 69.6 Å². The van der Waals surface area contributed by atoms with E-state index < -0.39 is 11.6 Å². The predicted molar refractivity (Wildman–Crippen MR) is 54.7 cm³/mol. The average Bonchev–Trinajstić information content (AvgIpc) is 2.64. The molecular weight excluding hydrogens is 284 g/mol. The first-order valence-electron chi connectivity index (χ1n) is 4.25. The van der Waals surface area contributed by atoms with Gasteiger partial charge in [0.1, 0.15) is 11.5 Å². The second-order valence-corrected chi connectivity index (χ2v) is 3.78. The molecule has 0 bridgehead atoms. The smallest absolute Gasteiger partial charge is 0.170 e. The summed E-state index contributed by atoms with van der Waals surface area (Å²) >= 11 is 3.05. The molecule has 0 atom stereocenters. The molecule has 5 nitrogen and oxygen atoms in total. The van der Waals surface area contributed by atoms with Crippen molar-refractivity contribution in [2.45, 2.75) is 6.54 Å². The molecule has 8 heteroatoms. The standard InChI is InChI=1S/C8H6BrF2N5/c9-5-1-4(10)2-6(11)8(5)16-7(3-12)13-14-15-16/h1-2H,3,12H2. The van der Waals surface area contributed by atoms with E-state index in [-0.39, 0.29) is 22.5 Å². The normalized spacial score (nSPS) is 10.8. The molecular formula is C8H6BrF2N5. The van der Waals surface area contributed by atoms with Gasteiger partial charge in [-0.05, 0) is 32.4 Å². The molecule has 0 saturated heterocycles. The van der Waals surface area contributed by atoms with Gasteiger partial charge in [0, 0.05) is 10.5 Å². The zero-order valence-corrected chi connectivity index (χ0v) is 9.45. The molecule has 1 heterocycles. The summed E-state index contributed by atoms with van der Waals surface area (Å²) in [7, 11) is 0. The van der Waals surface area contributed by atoms with Crippen LogP contribution in [-0.2, 0) is 6.54 Å². The van der Waals surface area contributed by atoms with Crippen LogP contribution in [0.5, 0.6) is 0 Å². The van der Waals surface area contributed by atoms with Crippen molar-refractivity contribution in [3.05, 3.63) is 34.1 Å². The van der Waals surface area contributed by atoms with Gasteiger partial charge >= 0.3 is 0 Å². The number of benzene rings is 1. The Labute approximate surface area is 97.4 Å². The molecule has 0 fully saturated rings. The number of hydrogen-bond acceptors (Lipinski definition) is 4. The van der Waals surface area contributed by atoms with Crippen LogP contribution in [0.15, 0.2) is 16.6 Å². The number of hydrogen-bond donors (Lipinski definition) is 1. The van der Waals surface area contributed by atoms with E-state index in [1.807, 2.05) is 0 Å². The highest BCUT2D eigenvalue weighted by Crippen LogP contribution is 2.25. The van der Waals surface area contributed by atoms with Crippen molar-refractivity contribution in [3.63, 3.8) is 0 Å². The Morgan fingerprint density at radius 1 is 1.38 bits per heavy atom. The maximum Gasteiger partial charge on any atom is 0.170 e. The molecule has 0 saturated carbocycles. The van der Waals surface area contributed by atoms with Gasteiger partial charge < -0.3 is 5.73 Å². The lowest BCUT2D eigenvalue weighted by molar-refractivity contribution is 0.567. The van der Waals surface area contributed by atoms with Gasteiger partial charge in [-0.3, -0.25) is 0 Å². The largest absolute Gasteiger partial charge is 0.324 e. The number of nitrogens with two attached hydrogens (primary N) is 1. The minimum absolute atomic E-state index is 0.0341. The predicted octanol–water partition coefficient (Wildman–Crippen LogP) is 1.16. The third kappa shape index (κ3) is 1.81. The van der Waals surface area contributed by atoms with Crippen molar-refractivity contribution >= 4 is 15.9 Å². The van der Waals surface area contributed by atoms with E-state index in [0.717, 1.165) is 16.8 Å². The van der Waals surface area contributed by atoms with Crippen LogP contribution in [0.4, 0.5) is 8.78 Å². The monoisotopic (exact) mass is 289 g/mol. The number of halogens is 3. The Morgan fingerprint density at radius 2 is 2.12 bits per heavy atom. The number of rotatable bonds is 2. The Kier molecular flexibility index (Phi) is 2.92. The van der Waals surface area contributed by atoms with Crippen LogP contribution < -0.4 is 5.73 Å². The van der Waals surface area contributed by atoms with Gasteiger partial charge in [-0.15, -0.1) is 5.10 Å². The molecule has 0 unspecified atom stereocenters. The van der Waals surface area contributed by atoms with Crippen LogP contribution >= 0.6 is 15.9 Å². The van der Waals surface area contributed by atoms with Gasteiger partial charge in [-0.1, -0.05) is 0 Å². The highest BCUT2D eigenvalue weighted by molar-refractivity contribution is 9.10. The maximum atomic E-state index is 13.6. The minimum Gasteiger partial charge on any atom is -0.324 e. The summed E-state index contributed by atoms with van der Waals surface area (Å²) in [6.45, 7) is 0.0518. The molecule has 0 aliphatic carbocycles. The fourth-order valence-electron chi connectivity index (χ4n) is 1.24. The van der Waals surface area contributed by atoms with Gasteiger partial charge in [-0.25, -0.2) is 8.78 Å². The molecule has 2 aromatic rings. The zero-order chi connectivity index (χ0) is 11.7. The Balaban J connectivity index is 2.64. The minimum atomic E-state index is -0.770. The SMILES string of the molecule is NCc1nnnn1-c1c(F)cc(F)cc1Br. The first-order valence-corrected chi connectivity index (χ1v) is 5.05.